The van der Waals surface area contributed by atoms with E-state index in [1.54, 1.807) is 0 Å². The maximum Gasteiger partial charge on any atom is 0.0619 e. The molecular formula is C63H46N2. The molecule has 0 radical (unpaired) electrons. The first-order valence-corrected chi connectivity index (χ1v) is 22.6. The van der Waals surface area contributed by atoms with Crippen molar-refractivity contribution in [2.75, 3.05) is 4.90 Å². The van der Waals surface area contributed by atoms with Crippen molar-refractivity contribution in [2.45, 2.75) is 19.3 Å². The molecule has 2 nitrogen and oxygen atoms in total. The Balaban J connectivity index is 1.11. The van der Waals surface area contributed by atoms with Gasteiger partial charge in [0.05, 0.1) is 16.7 Å². The third-order valence-corrected chi connectivity index (χ3v) is 13.6. The number of aromatic nitrogens is 1. The Bertz CT molecular complexity index is 3550. The van der Waals surface area contributed by atoms with E-state index in [4.69, 9.17) is 0 Å². The zero-order valence-electron chi connectivity index (χ0n) is 36.5. The normalized spacial score (nSPS) is 12.6. The third-order valence-electron chi connectivity index (χ3n) is 13.6. The summed E-state index contributed by atoms with van der Waals surface area (Å²) in [5, 5.41) is 2.49. The Hall–Kier alpha value is -8.20. The maximum absolute atomic E-state index is 2.49. The minimum atomic E-state index is -0.104. The molecule has 65 heavy (non-hydrogen) atoms. The first-order chi connectivity index (χ1) is 32.0. The summed E-state index contributed by atoms with van der Waals surface area (Å²) < 4.78 is 2.43. The van der Waals surface area contributed by atoms with Gasteiger partial charge in [0.1, 0.15) is 0 Å². The van der Waals surface area contributed by atoms with E-state index < -0.39 is 0 Å². The van der Waals surface area contributed by atoms with Crippen LogP contribution in [0.25, 0.3) is 83.1 Å². The Morgan fingerprint density at radius 1 is 0.354 bits per heavy atom. The molecule has 0 spiro atoms. The molecule has 0 aliphatic heterocycles. The van der Waals surface area contributed by atoms with Gasteiger partial charge in [-0.15, -0.1) is 0 Å². The zero-order chi connectivity index (χ0) is 43.5. The van der Waals surface area contributed by atoms with Gasteiger partial charge in [-0.3, -0.25) is 0 Å². The number of anilines is 3. The molecule has 1 aliphatic rings. The van der Waals surface area contributed by atoms with Crippen LogP contribution in [0.5, 0.6) is 0 Å². The van der Waals surface area contributed by atoms with E-state index in [1.165, 1.54) is 83.0 Å². The highest BCUT2D eigenvalue weighted by Crippen LogP contribution is 2.53. The Morgan fingerprint density at radius 2 is 0.877 bits per heavy atom. The van der Waals surface area contributed by atoms with Gasteiger partial charge < -0.3 is 9.47 Å². The SMILES string of the molecule is CC1(C)c2ccccc2-c2cc(N(c3ccc(-c4cccc5c6ccccc6n(-c6ccccc6)c45)cc3)c3cccc(-c4ccccc4)c3-c3ccccc3-c3ccccc3)ccc21. The predicted octanol–water partition coefficient (Wildman–Crippen LogP) is 17.2. The van der Waals surface area contributed by atoms with Gasteiger partial charge in [0, 0.05) is 44.4 Å². The van der Waals surface area contributed by atoms with Crippen LogP contribution in [0.2, 0.25) is 0 Å². The summed E-state index contributed by atoms with van der Waals surface area (Å²) in [6.07, 6.45) is 0. The summed E-state index contributed by atoms with van der Waals surface area (Å²) in [6, 6.07) is 88.9. The van der Waals surface area contributed by atoms with Gasteiger partial charge in [0.2, 0.25) is 0 Å². The molecule has 0 bridgehead atoms. The predicted molar refractivity (Wildman–Crippen MR) is 275 cm³/mol. The summed E-state index contributed by atoms with van der Waals surface area (Å²) in [5.41, 5.74) is 21.5. The second kappa shape index (κ2) is 15.6. The molecular weight excluding hydrogens is 785 g/mol. The number of hydrogen-bond acceptors (Lipinski definition) is 1. The third kappa shape index (κ3) is 6.32. The minimum absolute atomic E-state index is 0.104. The van der Waals surface area contributed by atoms with Crippen LogP contribution in [-0.4, -0.2) is 4.57 Å². The molecule has 0 unspecified atom stereocenters. The van der Waals surface area contributed by atoms with Crippen LogP contribution in [0.15, 0.2) is 243 Å². The van der Waals surface area contributed by atoms with Crippen molar-refractivity contribution in [3.63, 3.8) is 0 Å². The summed E-state index contributed by atoms with van der Waals surface area (Å²) in [6.45, 7) is 4.71. The average Bonchev–Trinajstić information content (AvgIpc) is 3.83. The lowest BCUT2D eigenvalue weighted by atomic mass is 9.82. The van der Waals surface area contributed by atoms with E-state index in [-0.39, 0.29) is 5.41 Å². The first-order valence-electron chi connectivity index (χ1n) is 22.6. The number of nitrogens with zero attached hydrogens (tertiary/aromatic N) is 2. The zero-order valence-corrected chi connectivity index (χ0v) is 36.5. The fourth-order valence-electron chi connectivity index (χ4n) is 10.6. The highest BCUT2D eigenvalue weighted by Gasteiger charge is 2.36. The van der Waals surface area contributed by atoms with E-state index >= 15 is 0 Å². The molecule has 0 saturated carbocycles. The van der Waals surface area contributed by atoms with Crippen molar-refractivity contribution >= 4 is 38.9 Å². The van der Waals surface area contributed by atoms with Gasteiger partial charge in [0.15, 0.2) is 0 Å². The summed E-state index contributed by atoms with van der Waals surface area (Å²) in [4.78, 5) is 2.49. The monoisotopic (exact) mass is 830 g/mol. The molecule has 308 valence electrons. The quantitative estimate of drug-likeness (QED) is 0.148. The van der Waals surface area contributed by atoms with Crippen LogP contribution in [-0.2, 0) is 5.41 Å². The van der Waals surface area contributed by atoms with Crippen molar-refractivity contribution < 1.29 is 0 Å². The van der Waals surface area contributed by atoms with Crippen LogP contribution in [0.4, 0.5) is 17.1 Å². The molecule has 12 rings (SSSR count). The molecule has 10 aromatic carbocycles. The van der Waals surface area contributed by atoms with Gasteiger partial charge in [-0.05, 0) is 104 Å². The van der Waals surface area contributed by atoms with E-state index in [0.29, 0.717) is 0 Å². The summed E-state index contributed by atoms with van der Waals surface area (Å²) >= 11 is 0. The molecule has 1 heterocycles. The molecule has 0 amide bonds. The Kier molecular flexibility index (Phi) is 9.21. The molecule has 0 N–H and O–H groups in total. The molecule has 0 fully saturated rings. The van der Waals surface area contributed by atoms with Crippen LogP contribution in [0.1, 0.15) is 25.0 Å². The Morgan fingerprint density at radius 3 is 1.63 bits per heavy atom. The highest BCUT2D eigenvalue weighted by atomic mass is 15.1. The van der Waals surface area contributed by atoms with Crippen molar-refractivity contribution in [1.29, 1.82) is 0 Å². The molecule has 0 saturated heterocycles. The molecule has 2 heteroatoms. The van der Waals surface area contributed by atoms with E-state index in [1.807, 2.05) is 0 Å². The van der Waals surface area contributed by atoms with Crippen molar-refractivity contribution in [3.8, 4) is 61.3 Å². The van der Waals surface area contributed by atoms with Crippen molar-refractivity contribution in [2.24, 2.45) is 0 Å². The molecule has 0 atom stereocenters. The molecule has 11 aromatic rings. The van der Waals surface area contributed by atoms with E-state index in [2.05, 4.69) is 266 Å². The summed E-state index contributed by atoms with van der Waals surface area (Å²) in [7, 11) is 0. The van der Waals surface area contributed by atoms with E-state index in [9.17, 15) is 0 Å². The van der Waals surface area contributed by atoms with Gasteiger partial charge in [-0.1, -0.05) is 208 Å². The lowest BCUT2D eigenvalue weighted by Gasteiger charge is -2.31. The topological polar surface area (TPSA) is 8.17 Å². The fourth-order valence-corrected chi connectivity index (χ4v) is 10.6. The second-order valence-corrected chi connectivity index (χ2v) is 17.6. The average molecular weight is 831 g/mol. The first kappa shape index (κ1) is 38.5. The lowest BCUT2D eigenvalue weighted by molar-refractivity contribution is 0.660. The van der Waals surface area contributed by atoms with Gasteiger partial charge >= 0.3 is 0 Å². The van der Waals surface area contributed by atoms with Crippen molar-refractivity contribution in [3.05, 3.63) is 254 Å². The highest BCUT2D eigenvalue weighted by molar-refractivity contribution is 6.14. The molecule has 1 aliphatic carbocycles. The maximum atomic E-state index is 2.49. The smallest absolute Gasteiger partial charge is 0.0619 e. The fraction of sp³-hybridized carbons (Fsp3) is 0.0476. The van der Waals surface area contributed by atoms with Gasteiger partial charge in [-0.25, -0.2) is 0 Å². The van der Waals surface area contributed by atoms with Gasteiger partial charge in [0.25, 0.3) is 0 Å². The minimum Gasteiger partial charge on any atom is -0.310 e. The lowest BCUT2D eigenvalue weighted by Crippen LogP contribution is -2.15. The van der Waals surface area contributed by atoms with Crippen molar-refractivity contribution in [1.82, 2.24) is 4.57 Å². The van der Waals surface area contributed by atoms with Crippen LogP contribution in [0, 0.1) is 0 Å². The summed E-state index contributed by atoms with van der Waals surface area (Å²) in [5.74, 6) is 0. The number of para-hydroxylation sites is 3. The number of rotatable bonds is 8. The standard InChI is InChI=1S/C63H46N2/c1-63(2)57-33-16-14-27-52(57)56-42-48(40-41-58(56)63)64(60-35-19-30-50(44-22-8-4-9-23-44)61(60)54-29-13-12-26-49(54)43-20-6-3-7-21-43)47-38-36-45(37-39-47)51-31-18-32-55-53-28-15-17-34-59(53)65(62(51)55)46-24-10-5-11-25-46/h3-42H,1-2H3. The largest absolute Gasteiger partial charge is 0.310 e. The number of benzene rings is 10. The number of hydrogen-bond donors (Lipinski definition) is 0. The van der Waals surface area contributed by atoms with Gasteiger partial charge in [-0.2, -0.15) is 0 Å². The second-order valence-electron chi connectivity index (χ2n) is 17.6. The van der Waals surface area contributed by atoms with Crippen LogP contribution < -0.4 is 4.90 Å². The van der Waals surface area contributed by atoms with E-state index in [0.717, 1.165) is 28.3 Å². The van der Waals surface area contributed by atoms with Crippen LogP contribution >= 0.6 is 0 Å². The van der Waals surface area contributed by atoms with Crippen LogP contribution in [0.3, 0.4) is 0 Å². The molecule has 1 aromatic heterocycles. The number of fused-ring (bicyclic) bond motifs is 6. The Labute approximate surface area is 381 Å².